The van der Waals surface area contributed by atoms with Crippen LogP contribution in [0.15, 0.2) is 18.2 Å². The lowest BCUT2D eigenvalue weighted by molar-refractivity contribution is 0.282. The number of methoxy groups -OCH3 is 2. The predicted octanol–water partition coefficient (Wildman–Crippen LogP) is 3.09. The molecule has 1 atom stereocenters. The monoisotopic (exact) mass is 294 g/mol. The zero-order valence-corrected chi connectivity index (χ0v) is 14.1. The highest BCUT2D eigenvalue weighted by Crippen LogP contribution is 2.30. The molecule has 0 aliphatic rings. The molecule has 0 aromatic heterocycles. The van der Waals surface area contributed by atoms with Gasteiger partial charge in [-0.05, 0) is 50.3 Å². The van der Waals surface area contributed by atoms with Crippen LogP contribution in [0.2, 0.25) is 0 Å². The number of benzene rings is 1. The van der Waals surface area contributed by atoms with Crippen molar-refractivity contribution in [3.8, 4) is 11.5 Å². The molecule has 21 heavy (non-hydrogen) atoms. The molecule has 0 spiro atoms. The zero-order valence-electron chi connectivity index (χ0n) is 14.1. The molecule has 1 N–H and O–H groups in total. The van der Waals surface area contributed by atoms with Crippen molar-refractivity contribution >= 4 is 0 Å². The molecule has 0 heterocycles. The summed E-state index contributed by atoms with van der Waals surface area (Å²) in [5.74, 6) is 1.57. The van der Waals surface area contributed by atoms with Crippen LogP contribution in [-0.4, -0.2) is 45.3 Å². The van der Waals surface area contributed by atoms with Crippen LogP contribution in [0.3, 0.4) is 0 Å². The van der Waals surface area contributed by atoms with Crippen LogP contribution in [0.1, 0.15) is 38.8 Å². The van der Waals surface area contributed by atoms with Crippen LogP contribution in [0, 0.1) is 0 Å². The molecule has 0 saturated heterocycles. The first-order chi connectivity index (χ1) is 10.2. The number of nitrogens with zero attached hydrogens (tertiary/aromatic N) is 1. The topological polar surface area (TPSA) is 33.7 Å². The summed E-state index contributed by atoms with van der Waals surface area (Å²) in [7, 11) is 3.35. The van der Waals surface area contributed by atoms with Crippen LogP contribution in [0.25, 0.3) is 0 Å². The third-order valence-corrected chi connectivity index (χ3v) is 3.89. The maximum atomic E-state index is 5.41. The van der Waals surface area contributed by atoms with E-state index in [9.17, 15) is 0 Å². The van der Waals surface area contributed by atoms with Crippen molar-refractivity contribution in [2.24, 2.45) is 0 Å². The Morgan fingerprint density at radius 2 is 1.71 bits per heavy atom. The molecule has 1 aromatic rings. The second-order valence-electron chi connectivity index (χ2n) is 5.04. The third kappa shape index (κ3) is 5.21. The van der Waals surface area contributed by atoms with E-state index in [1.54, 1.807) is 14.2 Å². The Morgan fingerprint density at radius 3 is 2.24 bits per heavy atom. The summed E-state index contributed by atoms with van der Waals surface area (Å²) in [4.78, 5) is 2.45. The minimum Gasteiger partial charge on any atom is -0.493 e. The Hall–Kier alpha value is -1.26. The van der Waals surface area contributed by atoms with Crippen molar-refractivity contribution in [2.75, 3.05) is 40.4 Å². The second kappa shape index (κ2) is 9.64. The Bertz CT molecular complexity index is 406. The highest BCUT2D eigenvalue weighted by atomic mass is 16.5. The minimum absolute atomic E-state index is 0.343. The van der Waals surface area contributed by atoms with E-state index in [0.717, 1.165) is 44.1 Å². The van der Waals surface area contributed by atoms with Crippen molar-refractivity contribution in [3.05, 3.63) is 23.8 Å². The number of ether oxygens (including phenoxy) is 2. The van der Waals surface area contributed by atoms with Crippen molar-refractivity contribution in [1.82, 2.24) is 10.2 Å². The van der Waals surface area contributed by atoms with Crippen molar-refractivity contribution in [1.29, 1.82) is 0 Å². The second-order valence-corrected chi connectivity index (χ2v) is 5.04. The lowest BCUT2D eigenvalue weighted by atomic mass is 10.0. The molecule has 1 rings (SSSR count). The highest BCUT2D eigenvalue weighted by molar-refractivity contribution is 5.43. The maximum absolute atomic E-state index is 5.41. The van der Waals surface area contributed by atoms with E-state index in [0.29, 0.717) is 6.04 Å². The Balaban J connectivity index is 2.84. The third-order valence-electron chi connectivity index (χ3n) is 3.89. The largest absolute Gasteiger partial charge is 0.493 e. The summed E-state index contributed by atoms with van der Waals surface area (Å²) >= 11 is 0. The maximum Gasteiger partial charge on any atom is 0.161 e. The fourth-order valence-electron chi connectivity index (χ4n) is 2.55. The molecule has 1 unspecified atom stereocenters. The van der Waals surface area contributed by atoms with E-state index in [1.165, 1.54) is 5.56 Å². The zero-order chi connectivity index (χ0) is 15.7. The van der Waals surface area contributed by atoms with Gasteiger partial charge < -0.3 is 19.7 Å². The molecule has 120 valence electrons. The lowest BCUT2D eigenvalue weighted by Crippen LogP contribution is -2.29. The van der Waals surface area contributed by atoms with Crippen molar-refractivity contribution in [3.63, 3.8) is 0 Å². The van der Waals surface area contributed by atoms with E-state index in [-0.39, 0.29) is 0 Å². The van der Waals surface area contributed by atoms with E-state index >= 15 is 0 Å². The number of nitrogens with one attached hydrogen (secondary N) is 1. The first-order valence-corrected chi connectivity index (χ1v) is 7.87. The van der Waals surface area contributed by atoms with Gasteiger partial charge in [0.25, 0.3) is 0 Å². The Kier molecular flexibility index (Phi) is 8.16. The lowest BCUT2D eigenvalue weighted by Gasteiger charge is -2.24. The number of hydrogen-bond donors (Lipinski definition) is 1. The molecule has 0 bridgehead atoms. The number of hydrogen-bond acceptors (Lipinski definition) is 4. The first-order valence-electron chi connectivity index (χ1n) is 7.87. The molecule has 0 aliphatic carbocycles. The molecule has 4 nitrogen and oxygen atoms in total. The van der Waals surface area contributed by atoms with E-state index in [2.05, 4.69) is 43.1 Å². The van der Waals surface area contributed by atoms with Gasteiger partial charge in [0.1, 0.15) is 0 Å². The summed E-state index contributed by atoms with van der Waals surface area (Å²) < 4.78 is 10.7. The minimum atomic E-state index is 0.343. The normalized spacial score (nSPS) is 12.5. The molecule has 0 aliphatic heterocycles. The number of rotatable bonds is 10. The average molecular weight is 294 g/mol. The van der Waals surface area contributed by atoms with Crippen LogP contribution in [0.4, 0.5) is 0 Å². The van der Waals surface area contributed by atoms with Gasteiger partial charge >= 0.3 is 0 Å². The van der Waals surface area contributed by atoms with Gasteiger partial charge in [-0.25, -0.2) is 0 Å². The van der Waals surface area contributed by atoms with Crippen molar-refractivity contribution in [2.45, 2.75) is 33.2 Å². The van der Waals surface area contributed by atoms with Gasteiger partial charge in [0, 0.05) is 6.04 Å². The molecule has 1 aromatic carbocycles. The Labute approximate surface area is 129 Å². The fourth-order valence-corrected chi connectivity index (χ4v) is 2.55. The van der Waals surface area contributed by atoms with Gasteiger partial charge in [-0.2, -0.15) is 0 Å². The summed E-state index contributed by atoms with van der Waals surface area (Å²) in [5, 5.41) is 3.57. The highest BCUT2D eigenvalue weighted by Gasteiger charge is 2.14. The Morgan fingerprint density at radius 1 is 1.05 bits per heavy atom. The van der Waals surface area contributed by atoms with Crippen LogP contribution in [-0.2, 0) is 0 Å². The standard InChI is InChI=1S/C17H30N2O2/c1-6-18-15(11-12-19(7-2)8-3)14-9-10-16(20-4)17(13-14)21-5/h9-10,13,15,18H,6-8,11-12H2,1-5H3. The van der Waals surface area contributed by atoms with Crippen LogP contribution < -0.4 is 14.8 Å². The van der Waals surface area contributed by atoms with Gasteiger partial charge in [-0.15, -0.1) is 0 Å². The molecule has 0 amide bonds. The quantitative estimate of drug-likeness (QED) is 0.719. The summed E-state index contributed by atoms with van der Waals surface area (Å²) in [6.45, 7) is 10.8. The molecule has 4 heteroatoms. The van der Waals surface area contributed by atoms with Gasteiger partial charge in [-0.3, -0.25) is 0 Å². The van der Waals surface area contributed by atoms with Crippen LogP contribution >= 0.6 is 0 Å². The summed E-state index contributed by atoms with van der Waals surface area (Å²) in [6, 6.07) is 6.52. The molecular weight excluding hydrogens is 264 g/mol. The molecular formula is C17H30N2O2. The van der Waals surface area contributed by atoms with E-state index < -0.39 is 0 Å². The van der Waals surface area contributed by atoms with Gasteiger partial charge in [-0.1, -0.05) is 26.8 Å². The van der Waals surface area contributed by atoms with Crippen LogP contribution in [0.5, 0.6) is 11.5 Å². The molecule has 0 fully saturated rings. The van der Waals surface area contributed by atoms with Gasteiger partial charge in [0.05, 0.1) is 14.2 Å². The average Bonchev–Trinajstić information content (AvgIpc) is 2.54. The first kappa shape index (κ1) is 17.8. The summed E-state index contributed by atoms with van der Waals surface area (Å²) in [5.41, 5.74) is 1.25. The van der Waals surface area contributed by atoms with E-state index in [1.807, 2.05) is 6.07 Å². The predicted molar refractivity (Wildman–Crippen MR) is 88.4 cm³/mol. The SMILES string of the molecule is CCNC(CCN(CC)CC)c1ccc(OC)c(OC)c1. The van der Waals surface area contributed by atoms with Gasteiger partial charge in [0.15, 0.2) is 11.5 Å². The smallest absolute Gasteiger partial charge is 0.161 e. The molecule has 0 radical (unpaired) electrons. The summed E-state index contributed by atoms with van der Waals surface area (Å²) in [6.07, 6.45) is 1.09. The van der Waals surface area contributed by atoms with Crippen molar-refractivity contribution < 1.29 is 9.47 Å². The molecule has 0 saturated carbocycles. The van der Waals surface area contributed by atoms with E-state index in [4.69, 9.17) is 9.47 Å². The van der Waals surface area contributed by atoms with Gasteiger partial charge in [0.2, 0.25) is 0 Å². The fraction of sp³-hybridized carbons (Fsp3) is 0.647.